The Morgan fingerprint density at radius 1 is 1.12 bits per heavy atom. The summed E-state index contributed by atoms with van der Waals surface area (Å²) in [6, 6.07) is 0. The average molecular weight is 445 g/mol. The maximum Gasteiger partial charge on any atom is 0.313 e. The largest absolute Gasteiger partial charge is 0.481 e. The smallest absolute Gasteiger partial charge is 0.313 e. The van der Waals surface area contributed by atoms with Gasteiger partial charge in [-0.3, -0.25) is 14.4 Å². The van der Waals surface area contributed by atoms with E-state index in [4.69, 9.17) is 5.11 Å². The highest BCUT2D eigenvalue weighted by molar-refractivity contribution is 5.97. The molecule has 0 aromatic heterocycles. The van der Waals surface area contributed by atoms with Crippen molar-refractivity contribution >= 4 is 17.5 Å². The van der Waals surface area contributed by atoms with Crippen molar-refractivity contribution in [3.8, 4) is 0 Å². The summed E-state index contributed by atoms with van der Waals surface area (Å²) in [5, 5.41) is 20.4. The first-order chi connectivity index (χ1) is 15.0. The Kier molecular flexibility index (Phi) is 6.19. The molecule has 0 amide bonds. The van der Waals surface area contributed by atoms with Crippen LogP contribution in [0, 0.1) is 46.3 Å². The van der Waals surface area contributed by atoms with Gasteiger partial charge >= 0.3 is 5.97 Å². The van der Waals surface area contributed by atoms with E-state index in [1.54, 1.807) is 0 Å². The van der Waals surface area contributed by atoms with Crippen LogP contribution in [0.5, 0.6) is 0 Å². The third-order valence-corrected chi connectivity index (χ3v) is 10.4. The highest BCUT2D eigenvalue weighted by Crippen LogP contribution is 2.67. The number of Topliss-reactive ketones (excluding diaryl/α,β-unsaturated/α-hetero) is 1. The van der Waals surface area contributed by atoms with Gasteiger partial charge in [0.1, 0.15) is 11.7 Å². The van der Waals surface area contributed by atoms with Gasteiger partial charge in [-0.25, -0.2) is 0 Å². The molecule has 0 heterocycles. The lowest BCUT2D eigenvalue weighted by Gasteiger charge is -2.59. The molecule has 4 aliphatic rings. The third kappa shape index (κ3) is 3.69. The maximum absolute atomic E-state index is 12.2. The van der Waals surface area contributed by atoms with Crippen LogP contribution in [0.4, 0.5) is 0 Å². The zero-order chi connectivity index (χ0) is 23.4. The number of carboxylic acids is 1. The molecular weight excluding hydrogens is 404 g/mol. The number of carboxylic acid groups (broad SMARTS) is 1. The topological polar surface area (TPSA) is 91.7 Å². The van der Waals surface area contributed by atoms with Gasteiger partial charge in [-0.2, -0.15) is 0 Å². The van der Waals surface area contributed by atoms with Gasteiger partial charge in [0, 0.05) is 12.8 Å². The Morgan fingerprint density at radius 3 is 2.53 bits per heavy atom. The summed E-state index contributed by atoms with van der Waals surface area (Å²) in [5.74, 6) is 0.162. The molecule has 0 bridgehead atoms. The molecule has 0 saturated heterocycles. The van der Waals surface area contributed by atoms with Crippen LogP contribution in [0.1, 0.15) is 85.5 Å². The summed E-state index contributed by atoms with van der Waals surface area (Å²) in [6.07, 6.45) is 9.20. The van der Waals surface area contributed by atoms with Crippen LogP contribution in [0.25, 0.3) is 0 Å². The van der Waals surface area contributed by atoms with Gasteiger partial charge in [0.2, 0.25) is 0 Å². The van der Waals surface area contributed by atoms with Crippen LogP contribution in [0.3, 0.4) is 0 Å². The van der Waals surface area contributed by atoms with Crippen molar-refractivity contribution in [2.75, 3.05) is 0 Å². The Labute approximate surface area is 192 Å². The fourth-order valence-electron chi connectivity index (χ4n) is 8.43. The normalized spacial score (nSPS) is 42.8. The van der Waals surface area contributed by atoms with Gasteiger partial charge in [0.25, 0.3) is 0 Å². The molecule has 9 atom stereocenters. The summed E-state index contributed by atoms with van der Waals surface area (Å²) < 4.78 is 0. The summed E-state index contributed by atoms with van der Waals surface area (Å²) in [4.78, 5) is 35.4. The highest BCUT2D eigenvalue weighted by Gasteiger charge is 2.61. The standard InChI is InChI=1S/C27H40O5/c1-15(5-8-22(29)16(2)25(31)32)19-6-7-20-24-21(10-12-27(19,20)4)26(3)11-9-18(28)13-17(26)14-23(24)30/h13,15-16,19-21,23-24,30H,5-12,14H2,1-4H3,(H,31,32)/t15-,16-,19-,20+,21+,23-,24+,26+,27-/m1/s1. The van der Waals surface area contributed by atoms with E-state index in [9.17, 15) is 19.5 Å². The maximum atomic E-state index is 12.2. The van der Waals surface area contributed by atoms with Crippen molar-refractivity contribution in [1.82, 2.24) is 0 Å². The Bertz CT molecular complexity index is 830. The Hall–Kier alpha value is -1.49. The van der Waals surface area contributed by atoms with E-state index in [1.807, 2.05) is 6.08 Å². The van der Waals surface area contributed by atoms with Crippen molar-refractivity contribution in [2.45, 2.75) is 91.6 Å². The number of hydrogen-bond donors (Lipinski definition) is 2. The number of hydrogen-bond acceptors (Lipinski definition) is 4. The molecule has 3 fully saturated rings. The minimum atomic E-state index is -1.04. The zero-order valence-electron chi connectivity index (χ0n) is 20.1. The number of carbonyl (C=O) groups is 3. The summed E-state index contributed by atoms with van der Waals surface area (Å²) >= 11 is 0. The lowest BCUT2D eigenvalue weighted by Crippen LogP contribution is -2.55. The van der Waals surface area contributed by atoms with Crippen LogP contribution in [0.2, 0.25) is 0 Å². The molecule has 3 saturated carbocycles. The van der Waals surface area contributed by atoms with Crippen LogP contribution in [-0.4, -0.2) is 33.9 Å². The molecule has 0 aromatic rings. The van der Waals surface area contributed by atoms with Crippen LogP contribution >= 0.6 is 0 Å². The van der Waals surface area contributed by atoms with Gasteiger partial charge in [-0.15, -0.1) is 0 Å². The van der Waals surface area contributed by atoms with Gasteiger partial charge in [0.05, 0.1) is 6.10 Å². The van der Waals surface area contributed by atoms with E-state index in [0.717, 1.165) is 38.5 Å². The van der Waals surface area contributed by atoms with Crippen molar-refractivity contribution in [1.29, 1.82) is 0 Å². The first kappa shape index (κ1) is 23.7. The van der Waals surface area contributed by atoms with Crippen molar-refractivity contribution in [3.05, 3.63) is 11.6 Å². The third-order valence-electron chi connectivity index (χ3n) is 10.4. The molecule has 4 rings (SSSR count). The van der Waals surface area contributed by atoms with Crippen LogP contribution < -0.4 is 0 Å². The van der Waals surface area contributed by atoms with Crippen LogP contribution in [0.15, 0.2) is 11.6 Å². The van der Waals surface area contributed by atoms with Gasteiger partial charge in [-0.05, 0) is 98.4 Å². The number of carbonyl (C=O) groups excluding carboxylic acids is 2. The fourth-order valence-corrected chi connectivity index (χ4v) is 8.43. The van der Waals surface area contributed by atoms with E-state index < -0.39 is 11.9 Å². The summed E-state index contributed by atoms with van der Waals surface area (Å²) in [7, 11) is 0. The molecule has 5 heteroatoms. The molecule has 5 nitrogen and oxygen atoms in total. The summed E-state index contributed by atoms with van der Waals surface area (Å²) in [5.41, 5.74) is 1.38. The number of ketones is 2. The lowest BCUT2D eigenvalue weighted by molar-refractivity contribution is -0.145. The second-order valence-corrected chi connectivity index (χ2v) is 11.9. The first-order valence-electron chi connectivity index (χ1n) is 12.7. The SMILES string of the molecule is C[C@@H](C(=O)O)C(=O)CC[C@@H](C)[C@H]1CC[C@H]2[C@@H]3[C@H](O)CC4=CC(=O)CC[C@]4(C)[C@H]3CC[C@]12C. The molecule has 4 aliphatic carbocycles. The van der Waals surface area contributed by atoms with E-state index in [2.05, 4.69) is 20.8 Å². The first-order valence-corrected chi connectivity index (χ1v) is 12.7. The van der Waals surface area contributed by atoms with Crippen molar-refractivity contribution in [3.63, 3.8) is 0 Å². The molecule has 0 radical (unpaired) electrons. The van der Waals surface area contributed by atoms with Gasteiger partial charge in [0.15, 0.2) is 5.78 Å². The fraction of sp³-hybridized carbons (Fsp3) is 0.815. The molecular formula is C27H40O5. The monoisotopic (exact) mass is 444 g/mol. The van der Waals surface area contributed by atoms with E-state index in [0.29, 0.717) is 42.9 Å². The Morgan fingerprint density at radius 2 is 1.84 bits per heavy atom. The number of aliphatic hydroxyl groups excluding tert-OH is 1. The number of rotatable bonds is 6. The molecule has 0 aromatic carbocycles. The van der Waals surface area contributed by atoms with Crippen molar-refractivity contribution in [2.24, 2.45) is 46.3 Å². The average Bonchev–Trinajstić information content (AvgIpc) is 3.09. The second kappa shape index (κ2) is 8.38. The predicted molar refractivity (Wildman–Crippen MR) is 122 cm³/mol. The second-order valence-electron chi connectivity index (χ2n) is 11.9. The zero-order valence-corrected chi connectivity index (χ0v) is 20.1. The highest BCUT2D eigenvalue weighted by atomic mass is 16.4. The predicted octanol–water partition coefficient (Wildman–Crippen LogP) is 4.81. The molecule has 178 valence electrons. The van der Waals surface area contributed by atoms with Crippen molar-refractivity contribution < 1.29 is 24.6 Å². The summed E-state index contributed by atoms with van der Waals surface area (Å²) in [6.45, 7) is 8.46. The molecule has 0 unspecified atom stereocenters. The number of aliphatic carboxylic acids is 1. The van der Waals surface area contributed by atoms with E-state index in [1.165, 1.54) is 12.5 Å². The molecule has 0 aliphatic heterocycles. The quantitative estimate of drug-likeness (QED) is 0.574. The molecule has 2 N–H and O–H groups in total. The van der Waals surface area contributed by atoms with Gasteiger partial charge in [-0.1, -0.05) is 26.3 Å². The van der Waals surface area contributed by atoms with E-state index in [-0.39, 0.29) is 34.4 Å². The molecule has 32 heavy (non-hydrogen) atoms. The lowest BCUT2D eigenvalue weighted by atomic mass is 9.45. The van der Waals surface area contributed by atoms with Gasteiger partial charge < -0.3 is 10.2 Å². The van der Waals surface area contributed by atoms with Crippen LogP contribution in [-0.2, 0) is 14.4 Å². The van der Waals surface area contributed by atoms with E-state index >= 15 is 0 Å². The number of fused-ring (bicyclic) bond motifs is 5. The minimum absolute atomic E-state index is 0.0439. The molecule has 0 spiro atoms. The Balaban J connectivity index is 1.50. The number of aliphatic hydroxyl groups is 1. The minimum Gasteiger partial charge on any atom is -0.481 e.